The van der Waals surface area contributed by atoms with E-state index in [4.69, 9.17) is 5.11 Å². The average molecular weight is 225 g/mol. The molecule has 1 aliphatic heterocycles. The van der Waals surface area contributed by atoms with E-state index in [2.05, 4.69) is 5.32 Å². The number of nitrogens with one attached hydrogen (secondary N) is 1. The summed E-state index contributed by atoms with van der Waals surface area (Å²) >= 11 is 0. The van der Waals surface area contributed by atoms with Gasteiger partial charge in [0.25, 0.3) is 0 Å². The van der Waals surface area contributed by atoms with E-state index in [9.17, 15) is 9.59 Å². The predicted molar refractivity (Wildman–Crippen MR) is 58.1 cm³/mol. The normalized spacial score (nSPS) is 14.4. The van der Waals surface area contributed by atoms with Gasteiger partial charge in [0.2, 0.25) is 5.91 Å². The molecule has 2 amide bonds. The lowest BCUT2D eigenvalue weighted by Gasteiger charge is -2.21. The van der Waals surface area contributed by atoms with Crippen molar-refractivity contribution >= 4 is 12.0 Å². The average Bonchev–Trinajstić information content (AvgIpc) is 2.16. The van der Waals surface area contributed by atoms with Gasteiger partial charge in [-0.2, -0.15) is 0 Å². The number of hydrogen-bond acceptors (Lipinski definition) is 3. The Morgan fingerprint density at radius 1 is 1.25 bits per heavy atom. The number of hydrogen-bond donors (Lipinski definition) is 2. The zero-order valence-electron chi connectivity index (χ0n) is 9.25. The van der Waals surface area contributed by atoms with Crippen molar-refractivity contribution in [2.45, 2.75) is 19.9 Å². The van der Waals surface area contributed by atoms with Crippen LogP contribution >= 0.6 is 0 Å². The van der Waals surface area contributed by atoms with Gasteiger partial charge in [-0.15, -0.1) is 0 Å². The Bertz CT molecular complexity index is 322. The molecule has 2 N–H and O–H groups in total. The van der Waals surface area contributed by atoms with E-state index in [-0.39, 0.29) is 18.5 Å². The molecule has 6 heteroatoms. The van der Waals surface area contributed by atoms with E-state index in [1.165, 1.54) is 24.8 Å². The van der Waals surface area contributed by atoms with Crippen molar-refractivity contribution in [2.24, 2.45) is 0 Å². The van der Waals surface area contributed by atoms with Crippen LogP contribution in [0.3, 0.4) is 0 Å². The van der Waals surface area contributed by atoms with Gasteiger partial charge in [0, 0.05) is 30.8 Å². The maximum absolute atomic E-state index is 11.4. The van der Waals surface area contributed by atoms with Crippen molar-refractivity contribution in [3.63, 3.8) is 0 Å². The monoisotopic (exact) mass is 225 g/mol. The molecule has 0 aromatic carbocycles. The second-order valence-corrected chi connectivity index (χ2v) is 3.68. The first-order valence-electron chi connectivity index (χ1n) is 4.92. The van der Waals surface area contributed by atoms with Crippen molar-refractivity contribution in [1.29, 1.82) is 0 Å². The quantitative estimate of drug-likeness (QED) is 0.743. The Morgan fingerprint density at radius 3 is 2.25 bits per heavy atom. The molecule has 1 aliphatic rings. The number of amides is 2. The maximum Gasteiger partial charge on any atom is 0.415 e. The van der Waals surface area contributed by atoms with Crippen molar-refractivity contribution in [1.82, 2.24) is 15.1 Å². The highest BCUT2D eigenvalue weighted by molar-refractivity contribution is 5.78. The van der Waals surface area contributed by atoms with Gasteiger partial charge >= 0.3 is 6.09 Å². The highest BCUT2D eigenvalue weighted by Gasteiger charge is 2.12. The molecule has 0 saturated heterocycles. The van der Waals surface area contributed by atoms with E-state index in [0.717, 1.165) is 4.90 Å². The zero-order valence-corrected chi connectivity index (χ0v) is 9.25. The summed E-state index contributed by atoms with van der Waals surface area (Å²) in [7, 11) is 0. The molecular weight excluding hydrogens is 210 g/mol. The molecule has 0 fully saturated rings. The van der Waals surface area contributed by atoms with Crippen molar-refractivity contribution < 1.29 is 14.7 Å². The van der Waals surface area contributed by atoms with Gasteiger partial charge in [-0.3, -0.25) is 9.69 Å². The van der Waals surface area contributed by atoms with Crippen LogP contribution in [0.25, 0.3) is 0 Å². The summed E-state index contributed by atoms with van der Waals surface area (Å²) < 4.78 is 0. The van der Waals surface area contributed by atoms with Crippen LogP contribution in [0.2, 0.25) is 0 Å². The first-order valence-corrected chi connectivity index (χ1v) is 4.92. The van der Waals surface area contributed by atoms with E-state index in [0.29, 0.717) is 0 Å². The van der Waals surface area contributed by atoms with Crippen LogP contribution in [0.15, 0.2) is 24.8 Å². The Hall–Kier alpha value is -1.98. The summed E-state index contributed by atoms with van der Waals surface area (Å²) in [5.74, 6) is -0.104. The second-order valence-electron chi connectivity index (χ2n) is 3.68. The Morgan fingerprint density at radius 2 is 1.81 bits per heavy atom. The van der Waals surface area contributed by atoms with E-state index >= 15 is 0 Å². The molecule has 0 radical (unpaired) electrons. The number of carboxylic acid groups (broad SMARTS) is 1. The highest BCUT2D eigenvalue weighted by Crippen LogP contribution is 2.04. The molecule has 1 rings (SSSR count). The molecule has 88 valence electrons. The van der Waals surface area contributed by atoms with Crippen LogP contribution in [0.4, 0.5) is 4.79 Å². The Kier molecular flexibility index (Phi) is 3.93. The van der Waals surface area contributed by atoms with Crippen LogP contribution in [0.1, 0.15) is 13.8 Å². The van der Waals surface area contributed by atoms with Crippen molar-refractivity contribution in [3.8, 4) is 0 Å². The zero-order chi connectivity index (χ0) is 12.1. The summed E-state index contributed by atoms with van der Waals surface area (Å²) in [5.41, 5.74) is 0. The van der Waals surface area contributed by atoms with Gasteiger partial charge in [-0.05, 0) is 13.8 Å². The molecule has 16 heavy (non-hydrogen) atoms. The minimum atomic E-state index is -1.06. The summed E-state index contributed by atoms with van der Waals surface area (Å²) in [4.78, 5) is 24.6. The molecule has 0 saturated carbocycles. The lowest BCUT2D eigenvalue weighted by molar-refractivity contribution is -0.121. The fourth-order valence-corrected chi connectivity index (χ4v) is 1.18. The number of rotatable bonds is 3. The highest BCUT2D eigenvalue weighted by atomic mass is 16.4. The van der Waals surface area contributed by atoms with Crippen LogP contribution in [-0.4, -0.2) is 39.5 Å². The summed E-state index contributed by atoms with van der Waals surface area (Å²) in [6.07, 6.45) is 4.77. The minimum Gasteiger partial charge on any atom is -0.464 e. The summed E-state index contributed by atoms with van der Waals surface area (Å²) in [6, 6.07) is 0.0979. The molecule has 0 aromatic rings. The maximum atomic E-state index is 11.4. The van der Waals surface area contributed by atoms with Crippen molar-refractivity contribution in [2.75, 3.05) is 6.54 Å². The third-order valence-electron chi connectivity index (χ3n) is 1.83. The van der Waals surface area contributed by atoms with Gasteiger partial charge in [0.15, 0.2) is 0 Å². The van der Waals surface area contributed by atoms with Gasteiger partial charge in [0.05, 0.1) is 0 Å². The summed E-state index contributed by atoms with van der Waals surface area (Å²) in [6.45, 7) is 3.94. The fourth-order valence-electron chi connectivity index (χ4n) is 1.18. The molecule has 0 spiro atoms. The lowest BCUT2D eigenvalue weighted by Crippen LogP contribution is -2.37. The first-order chi connectivity index (χ1) is 7.49. The van der Waals surface area contributed by atoms with Gasteiger partial charge in [-0.25, -0.2) is 4.79 Å². The van der Waals surface area contributed by atoms with E-state index < -0.39 is 6.09 Å². The molecule has 6 nitrogen and oxygen atoms in total. The second kappa shape index (κ2) is 5.20. The minimum absolute atomic E-state index is 0.0979. The van der Waals surface area contributed by atoms with Crippen LogP contribution in [0.5, 0.6) is 0 Å². The molecule has 0 atom stereocenters. The Balaban J connectivity index is 2.43. The number of carbonyl (C=O) groups excluding carboxylic acids is 1. The molecule has 0 bridgehead atoms. The van der Waals surface area contributed by atoms with Gasteiger partial charge in [0.1, 0.15) is 6.54 Å². The molecule has 0 aromatic heterocycles. The number of nitrogens with zero attached hydrogens (tertiary/aromatic N) is 2. The van der Waals surface area contributed by atoms with Crippen LogP contribution in [-0.2, 0) is 4.79 Å². The van der Waals surface area contributed by atoms with Crippen molar-refractivity contribution in [3.05, 3.63) is 24.8 Å². The predicted octanol–water partition coefficient (Wildman–Crippen LogP) is 0.749. The largest absolute Gasteiger partial charge is 0.464 e. The van der Waals surface area contributed by atoms with Crippen LogP contribution < -0.4 is 5.32 Å². The third-order valence-corrected chi connectivity index (χ3v) is 1.83. The van der Waals surface area contributed by atoms with E-state index in [1.807, 2.05) is 13.8 Å². The SMILES string of the molecule is CC(C)NC(=O)CN1C=CN(C(=O)O)C=C1. The smallest absolute Gasteiger partial charge is 0.415 e. The fraction of sp³-hybridized carbons (Fsp3) is 0.400. The third kappa shape index (κ3) is 3.64. The molecule has 0 aliphatic carbocycles. The Labute approximate surface area is 93.8 Å². The molecule has 1 heterocycles. The number of carbonyl (C=O) groups is 2. The standard InChI is InChI=1S/C10H15N3O3/c1-8(2)11-9(14)7-12-3-5-13(6-4-12)10(15)16/h3-6,8H,7H2,1-2H3,(H,11,14)(H,15,16). The van der Waals surface area contributed by atoms with E-state index in [1.54, 1.807) is 4.90 Å². The topological polar surface area (TPSA) is 72.9 Å². The lowest BCUT2D eigenvalue weighted by atomic mass is 10.4. The molecular formula is C10H15N3O3. The first kappa shape index (κ1) is 12.1. The summed E-state index contributed by atoms with van der Waals surface area (Å²) in [5, 5.41) is 11.4. The van der Waals surface area contributed by atoms with Gasteiger partial charge in [-0.1, -0.05) is 0 Å². The molecule has 0 unspecified atom stereocenters. The van der Waals surface area contributed by atoms with Gasteiger partial charge < -0.3 is 15.3 Å². The van der Waals surface area contributed by atoms with Crippen LogP contribution in [0, 0.1) is 0 Å².